The van der Waals surface area contributed by atoms with Crippen molar-refractivity contribution in [1.29, 1.82) is 0 Å². The maximum Gasteiger partial charge on any atom is 0.126 e. The monoisotopic (exact) mass is 250 g/mol. The molecule has 1 aromatic rings. The van der Waals surface area contributed by atoms with Crippen LogP contribution in [-0.4, -0.2) is 35.6 Å². The predicted molar refractivity (Wildman–Crippen MR) is 78.8 cm³/mol. The van der Waals surface area contributed by atoms with Crippen molar-refractivity contribution in [3.63, 3.8) is 0 Å². The number of aromatic nitrogens is 1. The summed E-state index contributed by atoms with van der Waals surface area (Å²) in [5.74, 6) is 0.902. The third kappa shape index (κ3) is 5.36. The molecule has 0 aliphatic carbocycles. The van der Waals surface area contributed by atoms with Crippen molar-refractivity contribution in [2.24, 2.45) is 0 Å². The summed E-state index contributed by atoms with van der Waals surface area (Å²) in [6, 6.07) is 4.24. The van der Waals surface area contributed by atoms with Gasteiger partial charge in [0.05, 0.1) is 11.9 Å². The van der Waals surface area contributed by atoms with Crippen molar-refractivity contribution in [3.8, 4) is 0 Å². The van der Waals surface area contributed by atoms with Crippen LogP contribution in [0.4, 0.5) is 11.5 Å². The van der Waals surface area contributed by atoms with Gasteiger partial charge in [-0.05, 0) is 51.5 Å². The highest BCUT2D eigenvalue weighted by molar-refractivity contribution is 5.44. The van der Waals surface area contributed by atoms with Crippen molar-refractivity contribution >= 4 is 11.5 Å². The molecule has 0 aliphatic heterocycles. The first kappa shape index (κ1) is 14.8. The molecule has 1 rings (SSSR count). The highest BCUT2D eigenvalue weighted by atomic mass is 15.1. The summed E-state index contributed by atoms with van der Waals surface area (Å²) in [6.45, 7) is 10.1. The number of nitrogens with one attached hydrogen (secondary N) is 1. The van der Waals surface area contributed by atoms with Crippen LogP contribution < -0.4 is 11.1 Å². The molecule has 102 valence electrons. The first-order valence-electron chi connectivity index (χ1n) is 6.86. The lowest BCUT2D eigenvalue weighted by molar-refractivity contribution is 0.295. The SMILES string of the molecule is CCN(CC)CCCC(C)Nc1ccc(N)cn1. The van der Waals surface area contributed by atoms with Gasteiger partial charge in [0.15, 0.2) is 0 Å². The number of pyridine rings is 1. The van der Waals surface area contributed by atoms with Crippen LogP contribution in [-0.2, 0) is 0 Å². The molecule has 1 atom stereocenters. The maximum atomic E-state index is 5.61. The Hall–Kier alpha value is -1.29. The van der Waals surface area contributed by atoms with E-state index in [-0.39, 0.29) is 0 Å². The standard InChI is InChI=1S/C14H26N4/c1-4-18(5-2)10-6-7-12(3)17-14-9-8-13(15)11-16-14/h8-9,11-12H,4-7,10,15H2,1-3H3,(H,16,17). The highest BCUT2D eigenvalue weighted by Crippen LogP contribution is 2.09. The molecule has 0 fully saturated rings. The molecule has 0 bridgehead atoms. The van der Waals surface area contributed by atoms with Gasteiger partial charge in [0.25, 0.3) is 0 Å². The van der Waals surface area contributed by atoms with Gasteiger partial charge in [-0.15, -0.1) is 0 Å². The van der Waals surface area contributed by atoms with E-state index in [0.717, 1.165) is 25.3 Å². The number of nitrogen functional groups attached to an aromatic ring is 1. The van der Waals surface area contributed by atoms with E-state index in [2.05, 4.69) is 36.0 Å². The van der Waals surface area contributed by atoms with Crippen LogP contribution >= 0.6 is 0 Å². The molecule has 0 amide bonds. The smallest absolute Gasteiger partial charge is 0.126 e. The average Bonchev–Trinajstić information content (AvgIpc) is 2.37. The second kappa shape index (κ2) is 7.93. The summed E-state index contributed by atoms with van der Waals surface area (Å²) in [7, 11) is 0. The van der Waals surface area contributed by atoms with Gasteiger partial charge in [-0.2, -0.15) is 0 Å². The van der Waals surface area contributed by atoms with Crippen molar-refractivity contribution < 1.29 is 0 Å². The first-order chi connectivity index (χ1) is 8.65. The van der Waals surface area contributed by atoms with E-state index < -0.39 is 0 Å². The Morgan fingerprint density at radius 2 is 2.06 bits per heavy atom. The number of nitrogens with zero attached hydrogens (tertiary/aromatic N) is 2. The molecule has 0 spiro atoms. The Bertz CT molecular complexity index is 319. The van der Waals surface area contributed by atoms with Crippen LogP contribution in [0.5, 0.6) is 0 Å². The fourth-order valence-corrected chi connectivity index (χ4v) is 1.98. The van der Waals surface area contributed by atoms with Gasteiger partial charge in [-0.3, -0.25) is 0 Å². The Kier molecular flexibility index (Phi) is 6.50. The third-order valence-corrected chi connectivity index (χ3v) is 3.19. The maximum absolute atomic E-state index is 5.61. The topological polar surface area (TPSA) is 54.2 Å². The van der Waals surface area contributed by atoms with E-state index >= 15 is 0 Å². The van der Waals surface area contributed by atoms with Crippen LogP contribution in [0, 0.1) is 0 Å². The molecule has 1 aromatic heterocycles. The molecule has 0 aromatic carbocycles. The summed E-state index contributed by atoms with van der Waals surface area (Å²) in [5.41, 5.74) is 6.31. The number of rotatable bonds is 8. The lowest BCUT2D eigenvalue weighted by Crippen LogP contribution is -2.25. The van der Waals surface area contributed by atoms with Crippen molar-refractivity contribution in [3.05, 3.63) is 18.3 Å². The van der Waals surface area contributed by atoms with Gasteiger partial charge in [0, 0.05) is 6.04 Å². The number of anilines is 2. The predicted octanol–water partition coefficient (Wildman–Crippen LogP) is 2.59. The summed E-state index contributed by atoms with van der Waals surface area (Å²) < 4.78 is 0. The zero-order valence-electron chi connectivity index (χ0n) is 11.8. The Morgan fingerprint density at radius 1 is 1.33 bits per heavy atom. The minimum absolute atomic E-state index is 0.441. The van der Waals surface area contributed by atoms with Gasteiger partial charge in [-0.25, -0.2) is 4.98 Å². The van der Waals surface area contributed by atoms with Crippen LogP contribution in [0.25, 0.3) is 0 Å². The molecule has 1 heterocycles. The third-order valence-electron chi connectivity index (χ3n) is 3.19. The average molecular weight is 250 g/mol. The van der Waals surface area contributed by atoms with Gasteiger partial charge >= 0.3 is 0 Å². The Morgan fingerprint density at radius 3 is 2.61 bits per heavy atom. The Balaban J connectivity index is 2.25. The second-order valence-electron chi connectivity index (χ2n) is 4.69. The van der Waals surface area contributed by atoms with Crippen LogP contribution in [0.15, 0.2) is 18.3 Å². The number of nitrogens with two attached hydrogens (primary N) is 1. The van der Waals surface area contributed by atoms with Crippen LogP contribution in [0.1, 0.15) is 33.6 Å². The van der Waals surface area contributed by atoms with Gasteiger partial charge < -0.3 is 16.0 Å². The zero-order chi connectivity index (χ0) is 13.4. The molecule has 1 unspecified atom stereocenters. The summed E-state index contributed by atoms with van der Waals surface area (Å²) in [6.07, 6.45) is 4.05. The lowest BCUT2D eigenvalue weighted by atomic mass is 10.1. The zero-order valence-corrected chi connectivity index (χ0v) is 11.8. The van der Waals surface area contributed by atoms with Crippen LogP contribution in [0.3, 0.4) is 0 Å². The summed E-state index contributed by atoms with van der Waals surface area (Å²) >= 11 is 0. The molecule has 0 aliphatic rings. The van der Waals surface area contributed by atoms with Crippen molar-refractivity contribution in [1.82, 2.24) is 9.88 Å². The van der Waals surface area contributed by atoms with Gasteiger partial charge in [-0.1, -0.05) is 13.8 Å². The molecule has 0 saturated heterocycles. The van der Waals surface area contributed by atoms with E-state index in [1.54, 1.807) is 6.20 Å². The highest BCUT2D eigenvalue weighted by Gasteiger charge is 2.04. The summed E-state index contributed by atoms with van der Waals surface area (Å²) in [4.78, 5) is 6.70. The fraction of sp³-hybridized carbons (Fsp3) is 0.643. The lowest BCUT2D eigenvalue weighted by Gasteiger charge is -2.20. The molecular weight excluding hydrogens is 224 g/mol. The van der Waals surface area contributed by atoms with E-state index in [9.17, 15) is 0 Å². The molecule has 3 N–H and O–H groups in total. The van der Waals surface area contributed by atoms with E-state index in [1.807, 2.05) is 12.1 Å². The molecule has 4 heteroatoms. The van der Waals surface area contributed by atoms with Gasteiger partial charge in [0.2, 0.25) is 0 Å². The Labute approximate surface area is 111 Å². The van der Waals surface area contributed by atoms with E-state index in [0.29, 0.717) is 11.7 Å². The van der Waals surface area contributed by atoms with Crippen LogP contribution in [0.2, 0.25) is 0 Å². The van der Waals surface area contributed by atoms with Crippen molar-refractivity contribution in [2.45, 2.75) is 39.7 Å². The fourth-order valence-electron chi connectivity index (χ4n) is 1.98. The number of hydrogen-bond acceptors (Lipinski definition) is 4. The first-order valence-corrected chi connectivity index (χ1v) is 6.86. The molecule has 18 heavy (non-hydrogen) atoms. The number of hydrogen-bond donors (Lipinski definition) is 2. The normalized spacial score (nSPS) is 12.7. The second-order valence-corrected chi connectivity index (χ2v) is 4.69. The van der Waals surface area contributed by atoms with Crippen molar-refractivity contribution in [2.75, 3.05) is 30.7 Å². The molecule has 0 radical (unpaired) electrons. The largest absolute Gasteiger partial charge is 0.397 e. The minimum Gasteiger partial charge on any atom is -0.397 e. The van der Waals surface area contributed by atoms with Gasteiger partial charge in [0.1, 0.15) is 5.82 Å². The summed E-state index contributed by atoms with van der Waals surface area (Å²) in [5, 5.41) is 3.39. The molecular formula is C14H26N4. The molecule has 0 saturated carbocycles. The quantitative estimate of drug-likeness (QED) is 0.744. The minimum atomic E-state index is 0.441. The van der Waals surface area contributed by atoms with E-state index in [4.69, 9.17) is 5.73 Å². The van der Waals surface area contributed by atoms with E-state index in [1.165, 1.54) is 13.0 Å². The molecule has 4 nitrogen and oxygen atoms in total.